The number of phenolic OH excluding ortho intramolecular Hbond substituents is 1. The summed E-state index contributed by atoms with van der Waals surface area (Å²) in [6.45, 7) is 1.60. The van der Waals surface area contributed by atoms with E-state index in [1.165, 1.54) is 36.8 Å². The van der Waals surface area contributed by atoms with Crippen molar-refractivity contribution < 1.29 is 23.0 Å². The van der Waals surface area contributed by atoms with E-state index in [1.807, 2.05) is 0 Å². The molecule has 5 heterocycles. The van der Waals surface area contributed by atoms with Gasteiger partial charge in [0.15, 0.2) is 5.82 Å². The van der Waals surface area contributed by atoms with E-state index in [9.17, 15) is 13.9 Å². The first-order chi connectivity index (χ1) is 20.8. The van der Waals surface area contributed by atoms with Crippen LogP contribution in [-0.4, -0.2) is 66.3 Å². The lowest BCUT2D eigenvalue weighted by molar-refractivity contribution is 0.107. The van der Waals surface area contributed by atoms with Gasteiger partial charge in [-0.15, -0.1) is 6.42 Å². The molecule has 2 aliphatic heterocycles. The molecule has 12 heteroatoms. The first kappa shape index (κ1) is 27.0. The van der Waals surface area contributed by atoms with Gasteiger partial charge in [0, 0.05) is 36.3 Å². The van der Waals surface area contributed by atoms with Gasteiger partial charge >= 0.3 is 6.01 Å². The molecule has 0 saturated carbocycles. The van der Waals surface area contributed by atoms with Crippen molar-refractivity contribution in [1.82, 2.24) is 29.8 Å². The molecule has 9 nitrogen and oxygen atoms in total. The zero-order valence-electron chi connectivity index (χ0n) is 22.9. The van der Waals surface area contributed by atoms with E-state index >= 15 is 4.39 Å². The van der Waals surface area contributed by atoms with Gasteiger partial charge in [0.1, 0.15) is 41.4 Å². The number of H-pyrrole nitrogens is 1. The number of rotatable bonds is 7. The van der Waals surface area contributed by atoms with E-state index < -0.39 is 23.3 Å². The minimum absolute atomic E-state index is 0.0782. The van der Waals surface area contributed by atoms with Crippen LogP contribution in [0.25, 0.3) is 32.9 Å². The molecule has 2 aliphatic rings. The van der Waals surface area contributed by atoms with Crippen molar-refractivity contribution in [1.29, 1.82) is 0 Å². The van der Waals surface area contributed by atoms with Gasteiger partial charge in [0.25, 0.3) is 0 Å². The number of nitrogens with one attached hydrogen (secondary N) is 2. The number of anilines is 1. The van der Waals surface area contributed by atoms with Crippen LogP contribution in [0.2, 0.25) is 0 Å². The lowest BCUT2D eigenvalue weighted by Crippen LogP contribution is -2.43. The molecular formula is C31H26F3N7O2. The summed E-state index contributed by atoms with van der Waals surface area (Å²) in [5, 5.41) is 14.5. The Labute approximate surface area is 244 Å². The average molecular weight is 586 g/mol. The van der Waals surface area contributed by atoms with Crippen molar-refractivity contribution in [3.8, 4) is 35.4 Å². The SMILES string of the molecule is C#Cc1c(F)ccc2cc(O)cc(-c3ncc4c(NCc5cnc[nH]5)nc(OC[C@@]56CCCN5C[C@H](F)C6)nc4c3F)c12. The maximum atomic E-state index is 16.5. The number of aromatic amines is 1. The number of imidazole rings is 1. The molecule has 2 saturated heterocycles. The Balaban J connectivity index is 1.35. The van der Waals surface area contributed by atoms with E-state index in [2.05, 4.69) is 41.1 Å². The Bertz CT molecular complexity index is 1910. The molecule has 0 radical (unpaired) electrons. The maximum absolute atomic E-state index is 16.5. The molecule has 3 N–H and O–H groups in total. The van der Waals surface area contributed by atoms with Gasteiger partial charge in [-0.3, -0.25) is 9.88 Å². The normalized spacial score (nSPS) is 20.0. The maximum Gasteiger partial charge on any atom is 0.319 e. The summed E-state index contributed by atoms with van der Waals surface area (Å²) in [5.41, 5.74) is 0.0408. The molecule has 43 heavy (non-hydrogen) atoms. The van der Waals surface area contributed by atoms with Crippen LogP contribution in [0.15, 0.2) is 43.0 Å². The standard InChI is InChI=1S/C31H26F3N7O2/c1-2-21-24(33)5-4-17-8-20(42)9-22(25(17)21)27-26(34)28-23(13-36-27)29(37-12-19-11-35-16-38-19)40-30(39-28)43-15-31-6-3-7-41(31)14-18(32)10-31/h1,4-5,8-9,11,13,16,18,42H,3,6-7,10,12,14-15H2,(H,35,38)(H,37,39,40)/t18-,31+/m1/s1. The largest absolute Gasteiger partial charge is 0.508 e. The summed E-state index contributed by atoms with van der Waals surface area (Å²) >= 11 is 0. The highest BCUT2D eigenvalue weighted by molar-refractivity contribution is 6.02. The van der Waals surface area contributed by atoms with E-state index in [0.717, 1.165) is 25.1 Å². The number of halogens is 3. The number of terminal acetylenes is 1. The van der Waals surface area contributed by atoms with Gasteiger partial charge in [-0.1, -0.05) is 12.0 Å². The number of alkyl halides is 1. The Morgan fingerprint density at radius 2 is 2.12 bits per heavy atom. The second-order valence-corrected chi connectivity index (χ2v) is 11.0. The third-order valence-electron chi connectivity index (χ3n) is 8.35. The van der Waals surface area contributed by atoms with Gasteiger partial charge in [-0.25, -0.2) is 18.2 Å². The molecule has 0 bridgehead atoms. The first-order valence-electron chi connectivity index (χ1n) is 13.9. The number of phenols is 1. The molecule has 2 atom stereocenters. The van der Waals surface area contributed by atoms with Crippen LogP contribution in [0.3, 0.4) is 0 Å². The minimum Gasteiger partial charge on any atom is -0.508 e. The molecule has 7 rings (SSSR count). The molecule has 0 spiro atoms. The number of hydrogen-bond acceptors (Lipinski definition) is 8. The van der Waals surface area contributed by atoms with E-state index in [4.69, 9.17) is 11.2 Å². The Hall–Kier alpha value is -4.89. The van der Waals surface area contributed by atoms with Gasteiger partial charge in [-0.2, -0.15) is 9.97 Å². The molecule has 218 valence electrons. The van der Waals surface area contributed by atoms with Gasteiger partial charge in [-0.05, 0) is 43.0 Å². The number of hydrogen-bond donors (Lipinski definition) is 3. The molecule has 0 aliphatic carbocycles. The highest BCUT2D eigenvalue weighted by Crippen LogP contribution is 2.41. The molecule has 0 amide bonds. The summed E-state index contributed by atoms with van der Waals surface area (Å²) < 4.78 is 51.6. The highest BCUT2D eigenvalue weighted by Gasteiger charge is 2.49. The Morgan fingerprint density at radius 1 is 1.23 bits per heavy atom. The fourth-order valence-corrected chi connectivity index (χ4v) is 6.38. The van der Waals surface area contributed by atoms with Crippen LogP contribution < -0.4 is 10.1 Å². The number of ether oxygens (including phenoxy) is 1. The highest BCUT2D eigenvalue weighted by atomic mass is 19.1. The summed E-state index contributed by atoms with van der Waals surface area (Å²) in [4.78, 5) is 22.4. The van der Waals surface area contributed by atoms with Gasteiger partial charge in [0.05, 0.1) is 35.1 Å². The van der Waals surface area contributed by atoms with Crippen LogP contribution in [0, 0.1) is 24.0 Å². The molecule has 3 aromatic heterocycles. The van der Waals surface area contributed by atoms with Crippen LogP contribution >= 0.6 is 0 Å². The number of benzene rings is 2. The summed E-state index contributed by atoms with van der Waals surface area (Å²) in [6.07, 6.45) is 11.3. The van der Waals surface area contributed by atoms with Crippen molar-refractivity contribution >= 4 is 27.5 Å². The lowest BCUT2D eigenvalue weighted by Gasteiger charge is -2.30. The Kier molecular flexibility index (Phi) is 6.54. The van der Waals surface area contributed by atoms with Gasteiger partial charge in [0.2, 0.25) is 0 Å². The van der Waals surface area contributed by atoms with Crippen LogP contribution in [-0.2, 0) is 6.54 Å². The number of fused-ring (bicyclic) bond motifs is 3. The number of aromatic hydroxyl groups is 1. The summed E-state index contributed by atoms with van der Waals surface area (Å²) in [7, 11) is 0. The van der Waals surface area contributed by atoms with Gasteiger partial charge < -0.3 is 20.1 Å². The smallest absolute Gasteiger partial charge is 0.319 e. The fraction of sp³-hybridized carbons (Fsp3) is 0.290. The monoisotopic (exact) mass is 585 g/mol. The lowest BCUT2D eigenvalue weighted by atomic mass is 9.95. The quantitative estimate of drug-likeness (QED) is 0.226. The van der Waals surface area contributed by atoms with Crippen molar-refractivity contribution in [2.75, 3.05) is 25.0 Å². The zero-order valence-corrected chi connectivity index (χ0v) is 22.9. The molecule has 5 aromatic rings. The van der Waals surface area contributed by atoms with Crippen LogP contribution in [0.5, 0.6) is 11.8 Å². The number of aromatic nitrogens is 5. The second-order valence-electron chi connectivity index (χ2n) is 11.0. The molecule has 2 aromatic carbocycles. The van der Waals surface area contributed by atoms with Crippen LogP contribution in [0.4, 0.5) is 19.0 Å². The second kappa shape index (κ2) is 10.4. The summed E-state index contributed by atoms with van der Waals surface area (Å²) in [5.74, 6) is 0.935. The minimum atomic E-state index is -0.936. The van der Waals surface area contributed by atoms with Crippen LogP contribution in [0.1, 0.15) is 30.5 Å². The fourth-order valence-electron chi connectivity index (χ4n) is 6.38. The topological polar surface area (TPSA) is 112 Å². The van der Waals surface area contributed by atoms with E-state index in [-0.39, 0.29) is 63.8 Å². The predicted molar refractivity (Wildman–Crippen MR) is 154 cm³/mol. The predicted octanol–water partition coefficient (Wildman–Crippen LogP) is 5.10. The van der Waals surface area contributed by atoms with E-state index in [0.29, 0.717) is 18.4 Å². The van der Waals surface area contributed by atoms with Crippen molar-refractivity contribution in [2.45, 2.75) is 37.5 Å². The Morgan fingerprint density at radius 3 is 2.93 bits per heavy atom. The third kappa shape index (κ3) is 4.66. The molecular weight excluding hydrogens is 559 g/mol. The third-order valence-corrected chi connectivity index (χ3v) is 8.35. The number of pyridine rings is 1. The van der Waals surface area contributed by atoms with Crippen molar-refractivity contribution in [3.05, 3.63) is 65.9 Å². The zero-order chi connectivity index (χ0) is 29.7. The molecule has 2 fully saturated rings. The van der Waals surface area contributed by atoms with Crippen molar-refractivity contribution in [2.24, 2.45) is 0 Å². The van der Waals surface area contributed by atoms with E-state index in [1.54, 1.807) is 6.20 Å². The summed E-state index contributed by atoms with van der Waals surface area (Å²) in [6, 6.07) is 5.27. The average Bonchev–Trinajstić information content (AvgIpc) is 3.72. The van der Waals surface area contributed by atoms with Crippen molar-refractivity contribution in [3.63, 3.8) is 0 Å². The number of nitrogens with zero attached hydrogens (tertiary/aromatic N) is 5. The molecule has 0 unspecified atom stereocenters. The first-order valence-corrected chi connectivity index (χ1v) is 13.9.